The number of nitrogens with zero attached hydrogens (tertiary/aromatic N) is 2. The second kappa shape index (κ2) is 4.28. The third kappa shape index (κ3) is 1.72. The van der Waals surface area contributed by atoms with Gasteiger partial charge in [0, 0.05) is 17.4 Å². The first-order valence-electron chi connectivity index (χ1n) is 6.48. The van der Waals surface area contributed by atoms with Gasteiger partial charge in [0.1, 0.15) is 5.82 Å². The number of hydrogen-bond donors (Lipinski definition) is 0. The Kier molecular flexibility index (Phi) is 2.54. The Morgan fingerprint density at radius 2 is 1.90 bits per heavy atom. The zero-order valence-electron chi connectivity index (χ0n) is 10.6. The smallest absolute Gasteiger partial charge is 0.280 e. The quantitative estimate of drug-likeness (QED) is 0.497. The van der Waals surface area contributed by atoms with Gasteiger partial charge in [-0.1, -0.05) is 40.2 Å². The van der Waals surface area contributed by atoms with Gasteiger partial charge in [0.05, 0.1) is 10.9 Å². The molecule has 0 fully saturated rings. The highest BCUT2D eigenvalue weighted by Crippen LogP contribution is 2.25. The Morgan fingerprint density at radius 1 is 1.10 bits per heavy atom. The van der Waals surface area contributed by atoms with Crippen molar-refractivity contribution in [1.29, 1.82) is 0 Å². The standard InChI is InChI=1S/C16H11BrN2O/c17-12-5-6-14-13(8-12)16(20)18-15-7-10-3-1-2-4-11(10)9-19(14)15/h1-6,8H,7,9H2. The minimum Gasteiger partial charge on any atom is -0.324 e. The van der Waals surface area contributed by atoms with Crippen molar-refractivity contribution in [2.45, 2.75) is 13.0 Å². The van der Waals surface area contributed by atoms with E-state index in [4.69, 9.17) is 0 Å². The van der Waals surface area contributed by atoms with Crippen molar-refractivity contribution in [2.75, 3.05) is 0 Å². The Labute approximate surface area is 124 Å². The number of hydrogen-bond acceptors (Lipinski definition) is 2. The molecule has 0 atom stereocenters. The highest BCUT2D eigenvalue weighted by Gasteiger charge is 2.18. The summed E-state index contributed by atoms with van der Waals surface area (Å²) in [7, 11) is 0. The van der Waals surface area contributed by atoms with Crippen LogP contribution in [0.4, 0.5) is 0 Å². The van der Waals surface area contributed by atoms with Gasteiger partial charge < -0.3 is 4.57 Å². The van der Waals surface area contributed by atoms with Crippen molar-refractivity contribution in [3.63, 3.8) is 0 Å². The van der Waals surface area contributed by atoms with Gasteiger partial charge in [-0.05, 0) is 29.3 Å². The van der Waals surface area contributed by atoms with Gasteiger partial charge in [0.25, 0.3) is 5.56 Å². The van der Waals surface area contributed by atoms with E-state index in [1.54, 1.807) is 0 Å². The Bertz CT molecular complexity index is 899. The van der Waals surface area contributed by atoms with Gasteiger partial charge >= 0.3 is 0 Å². The summed E-state index contributed by atoms with van der Waals surface area (Å²) in [6, 6.07) is 14.1. The summed E-state index contributed by atoms with van der Waals surface area (Å²) in [5, 5.41) is 0.669. The van der Waals surface area contributed by atoms with Crippen LogP contribution in [0.2, 0.25) is 0 Å². The predicted molar refractivity (Wildman–Crippen MR) is 82.1 cm³/mol. The third-order valence-electron chi connectivity index (χ3n) is 3.82. The summed E-state index contributed by atoms with van der Waals surface area (Å²) >= 11 is 3.41. The molecule has 1 aliphatic heterocycles. The molecule has 0 unspecified atom stereocenters. The molecule has 98 valence electrons. The maximum absolute atomic E-state index is 12.2. The molecule has 2 heterocycles. The molecule has 20 heavy (non-hydrogen) atoms. The molecule has 0 saturated carbocycles. The molecule has 3 aromatic rings. The van der Waals surface area contributed by atoms with E-state index in [-0.39, 0.29) is 5.56 Å². The molecule has 4 heteroatoms. The fourth-order valence-corrected chi connectivity index (χ4v) is 3.19. The lowest BCUT2D eigenvalue weighted by molar-refractivity contribution is 0.694. The van der Waals surface area contributed by atoms with Gasteiger partial charge in [-0.15, -0.1) is 0 Å². The van der Waals surface area contributed by atoms with Crippen molar-refractivity contribution in [3.8, 4) is 0 Å². The Hall–Kier alpha value is -1.94. The number of benzene rings is 2. The lowest BCUT2D eigenvalue weighted by atomic mass is 10.00. The summed E-state index contributed by atoms with van der Waals surface area (Å²) < 4.78 is 3.05. The molecule has 0 saturated heterocycles. The van der Waals surface area contributed by atoms with E-state index in [1.165, 1.54) is 11.1 Å². The second-order valence-corrected chi connectivity index (χ2v) is 5.94. The van der Waals surface area contributed by atoms with Crippen LogP contribution in [0.25, 0.3) is 10.9 Å². The fraction of sp³-hybridized carbons (Fsp3) is 0.125. The van der Waals surface area contributed by atoms with Gasteiger partial charge in [-0.2, -0.15) is 4.98 Å². The first kappa shape index (κ1) is 11.9. The van der Waals surface area contributed by atoms with Crippen LogP contribution in [0.3, 0.4) is 0 Å². The molecule has 0 N–H and O–H groups in total. The van der Waals surface area contributed by atoms with E-state index in [1.807, 2.05) is 24.3 Å². The summed E-state index contributed by atoms with van der Waals surface area (Å²) in [5.41, 5.74) is 3.37. The van der Waals surface area contributed by atoms with E-state index in [2.05, 4.69) is 43.7 Å². The summed E-state index contributed by atoms with van der Waals surface area (Å²) in [5.74, 6) is 0.850. The number of aromatic nitrogens is 2. The molecular weight excluding hydrogens is 316 g/mol. The minimum atomic E-state index is -0.146. The second-order valence-electron chi connectivity index (χ2n) is 5.03. The Balaban J connectivity index is 2.03. The molecule has 0 radical (unpaired) electrons. The van der Waals surface area contributed by atoms with Crippen LogP contribution >= 0.6 is 15.9 Å². The van der Waals surface area contributed by atoms with E-state index in [0.717, 1.165) is 28.8 Å². The average Bonchev–Trinajstić information content (AvgIpc) is 2.46. The molecule has 0 aliphatic carbocycles. The lowest BCUT2D eigenvalue weighted by Crippen LogP contribution is -2.23. The highest BCUT2D eigenvalue weighted by atomic mass is 79.9. The van der Waals surface area contributed by atoms with Crippen LogP contribution in [0, 0.1) is 0 Å². The monoisotopic (exact) mass is 326 g/mol. The molecule has 0 bridgehead atoms. The summed E-state index contributed by atoms with van der Waals surface area (Å²) in [6.45, 7) is 0.775. The SMILES string of the molecule is O=c1nc2n(c3ccc(Br)cc13)Cc1ccccc1C2. The highest BCUT2D eigenvalue weighted by molar-refractivity contribution is 9.10. The molecule has 1 aromatic heterocycles. The molecule has 3 nitrogen and oxygen atoms in total. The Morgan fingerprint density at radius 3 is 2.75 bits per heavy atom. The zero-order chi connectivity index (χ0) is 13.7. The minimum absolute atomic E-state index is 0.146. The van der Waals surface area contributed by atoms with Crippen molar-refractivity contribution in [1.82, 2.24) is 9.55 Å². The molecule has 1 aliphatic rings. The van der Waals surface area contributed by atoms with E-state index in [9.17, 15) is 4.79 Å². The predicted octanol–water partition coefficient (Wildman–Crippen LogP) is 3.11. The fourth-order valence-electron chi connectivity index (χ4n) is 2.83. The van der Waals surface area contributed by atoms with Crippen LogP contribution in [-0.4, -0.2) is 9.55 Å². The lowest BCUT2D eigenvalue weighted by Gasteiger charge is -2.22. The molecule has 2 aromatic carbocycles. The van der Waals surface area contributed by atoms with Crippen molar-refractivity contribution < 1.29 is 0 Å². The van der Waals surface area contributed by atoms with Crippen molar-refractivity contribution in [3.05, 3.63) is 74.2 Å². The molecule has 4 rings (SSSR count). The summed E-state index contributed by atoms with van der Waals surface area (Å²) in [6.07, 6.45) is 0.720. The number of fused-ring (bicyclic) bond motifs is 4. The van der Waals surface area contributed by atoms with Gasteiger partial charge in [-0.3, -0.25) is 4.79 Å². The molecule has 0 spiro atoms. The topological polar surface area (TPSA) is 34.9 Å². The van der Waals surface area contributed by atoms with Crippen molar-refractivity contribution >= 4 is 26.8 Å². The molecular formula is C16H11BrN2O. The van der Waals surface area contributed by atoms with Crippen LogP contribution in [0.15, 0.2) is 51.7 Å². The van der Waals surface area contributed by atoms with Crippen LogP contribution in [-0.2, 0) is 13.0 Å². The normalized spacial score (nSPS) is 13.1. The van der Waals surface area contributed by atoms with Crippen molar-refractivity contribution in [2.24, 2.45) is 0 Å². The van der Waals surface area contributed by atoms with E-state index < -0.39 is 0 Å². The number of halogens is 1. The third-order valence-corrected chi connectivity index (χ3v) is 4.31. The van der Waals surface area contributed by atoms with Crippen LogP contribution < -0.4 is 5.56 Å². The maximum Gasteiger partial charge on any atom is 0.280 e. The van der Waals surface area contributed by atoms with E-state index >= 15 is 0 Å². The van der Waals surface area contributed by atoms with Gasteiger partial charge in [-0.25, -0.2) is 0 Å². The number of rotatable bonds is 0. The first-order chi connectivity index (χ1) is 9.72. The first-order valence-corrected chi connectivity index (χ1v) is 7.27. The van der Waals surface area contributed by atoms with Gasteiger partial charge in [0.2, 0.25) is 0 Å². The zero-order valence-corrected chi connectivity index (χ0v) is 12.2. The molecule has 0 amide bonds. The summed E-state index contributed by atoms with van der Waals surface area (Å²) in [4.78, 5) is 16.4. The van der Waals surface area contributed by atoms with Crippen LogP contribution in [0.5, 0.6) is 0 Å². The van der Waals surface area contributed by atoms with Crippen LogP contribution in [0.1, 0.15) is 17.0 Å². The maximum atomic E-state index is 12.2. The van der Waals surface area contributed by atoms with Gasteiger partial charge in [0.15, 0.2) is 0 Å². The average molecular weight is 327 g/mol. The van der Waals surface area contributed by atoms with E-state index in [0.29, 0.717) is 5.39 Å². The largest absolute Gasteiger partial charge is 0.324 e.